The van der Waals surface area contributed by atoms with Crippen molar-refractivity contribution in [3.63, 3.8) is 0 Å². The number of carboxylic acids is 1. The molecule has 6 heteroatoms. The van der Waals surface area contributed by atoms with E-state index in [1.165, 1.54) is 0 Å². The number of carbonyl (C=O) groups excluding carboxylic acids is 1. The standard InChI is InChI=1S/C10H18N2O4/c13-7-4-8(9(14)15)11-10(16)12-5-2-1-3-6-12/h8,13H,1-7H2,(H,11,16)(H,14,15)/t8-/m1/s1. The third-order valence-corrected chi connectivity index (χ3v) is 2.66. The Hall–Kier alpha value is -1.30. The van der Waals surface area contributed by atoms with Crippen LogP contribution in [0.1, 0.15) is 25.7 Å². The number of amides is 2. The molecule has 0 aromatic heterocycles. The van der Waals surface area contributed by atoms with Crippen LogP contribution in [-0.4, -0.2) is 52.9 Å². The lowest BCUT2D eigenvalue weighted by molar-refractivity contribution is -0.139. The zero-order valence-corrected chi connectivity index (χ0v) is 9.19. The average molecular weight is 230 g/mol. The molecule has 6 nitrogen and oxygen atoms in total. The Morgan fingerprint density at radius 1 is 1.25 bits per heavy atom. The molecule has 2 amide bonds. The number of carboxylic acid groups (broad SMARTS) is 1. The predicted octanol–water partition coefficient (Wildman–Crippen LogP) is 0.0175. The summed E-state index contributed by atoms with van der Waals surface area (Å²) >= 11 is 0. The van der Waals surface area contributed by atoms with Crippen LogP contribution in [0.5, 0.6) is 0 Å². The maximum Gasteiger partial charge on any atom is 0.326 e. The highest BCUT2D eigenvalue weighted by Gasteiger charge is 2.23. The van der Waals surface area contributed by atoms with Gasteiger partial charge in [-0.1, -0.05) is 0 Å². The molecule has 1 saturated heterocycles. The first-order valence-electron chi connectivity index (χ1n) is 5.54. The normalized spacial score (nSPS) is 17.9. The van der Waals surface area contributed by atoms with Crippen LogP contribution < -0.4 is 5.32 Å². The fraction of sp³-hybridized carbons (Fsp3) is 0.800. The Kier molecular flexibility index (Phi) is 5.04. The molecule has 0 radical (unpaired) electrons. The smallest absolute Gasteiger partial charge is 0.326 e. The van der Waals surface area contributed by atoms with Gasteiger partial charge in [0.2, 0.25) is 0 Å². The molecule has 1 aliphatic heterocycles. The first-order chi connectivity index (χ1) is 7.65. The summed E-state index contributed by atoms with van der Waals surface area (Å²) in [5.74, 6) is -1.11. The van der Waals surface area contributed by atoms with Crippen molar-refractivity contribution in [2.24, 2.45) is 0 Å². The summed E-state index contributed by atoms with van der Waals surface area (Å²) in [6, 6.07) is -1.35. The third kappa shape index (κ3) is 3.69. The topological polar surface area (TPSA) is 89.9 Å². The number of likely N-dealkylation sites (tertiary alicyclic amines) is 1. The second-order valence-corrected chi connectivity index (χ2v) is 3.90. The number of nitrogens with zero attached hydrogens (tertiary/aromatic N) is 1. The number of urea groups is 1. The summed E-state index contributed by atoms with van der Waals surface area (Å²) in [6.45, 7) is 1.10. The molecular weight excluding hydrogens is 212 g/mol. The number of aliphatic hydroxyl groups is 1. The summed E-state index contributed by atoms with van der Waals surface area (Å²) in [4.78, 5) is 24.0. The van der Waals surface area contributed by atoms with E-state index in [1.54, 1.807) is 4.90 Å². The summed E-state index contributed by atoms with van der Waals surface area (Å²) in [6.07, 6.45) is 3.08. The lowest BCUT2D eigenvalue weighted by Crippen LogP contribution is -2.49. The van der Waals surface area contributed by atoms with Crippen molar-refractivity contribution < 1.29 is 19.8 Å². The van der Waals surface area contributed by atoms with Crippen LogP contribution in [0.2, 0.25) is 0 Å². The molecule has 1 atom stereocenters. The fourth-order valence-corrected chi connectivity index (χ4v) is 1.72. The summed E-state index contributed by atoms with van der Waals surface area (Å²) < 4.78 is 0. The second-order valence-electron chi connectivity index (χ2n) is 3.90. The second kappa shape index (κ2) is 6.32. The molecule has 3 N–H and O–H groups in total. The highest BCUT2D eigenvalue weighted by Crippen LogP contribution is 2.08. The minimum Gasteiger partial charge on any atom is -0.480 e. The van der Waals surface area contributed by atoms with Crippen LogP contribution in [0.3, 0.4) is 0 Å². The van der Waals surface area contributed by atoms with Crippen molar-refractivity contribution in [2.45, 2.75) is 31.7 Å². The van der Waals surface area contributed by atoms with Gasteiger partial charge in [0.1, 0.15) is 6.04 Å². The van der Waals surface area contributed by atoms with Gasteiger partial charge >= 0.3 is 12.0 Å². The van der Waals surface area contributed by atoms with Gasteiger partial charge in [0.25, 0.3) is 0 Å². The minimum atomic E-state index is -1.11. The van der Waals surface area contributed by atoms with Gasteiger partial charge in [0.05, 0.1) is 0 Å². The summed E-state index contributed by atoms with van der Waals surface area (Å²) in [7, 11) is 0. The maximum atomic E-state index is 11.7. The van der Waals surface area contributed by atoms with Gasteiger partial charge in [-0.15, -0.1) is 0 Å². The van der Waals surface area contributed by atoms with E-state index >= 15 is 0 Å². The first kappa shape index (κ1) is 12.8. The quantitative estimate of drug-likeness (QED) is 0.635. The number of hydrogen-bond donors (Lipinski definition) is 3. The van der Waals surface area contributed by atoms with Gasteiger partial charge in [-0.3, -0.25) is 0 Å². The lowest BCUT2D eigenvalue weighted by Gasteiger charge is -2.28. The van der Waals surface area contributed by atoms with E-state index in [4.69, 9.17) is 10.2 Å². The summed E-state index contributed by atoms with van der Waals surface area (Å²) in [5, 5.41) is 19.9. The molecular formula is C10H18N2O4. The molecule has 1 fully saturated rings. The highest BCUT2D eigenvalue weighted by molar-refractivity contribution is 5.82. The molecule has 0 spiro atoms. The number of hydrogen-bond acceptors (Lipinski definition) is 3. The maximum absolute atomic E-state index is 11.7. The third-order valence-electron chi connectivity index (χ3n) is 2.66. The fourth-order valence-electron chi connectivity index (χ4n) is 1.72. The van der Waals surface area contributed by atoms with E-state index in [1.807, 2.05) is 0 Å². The van der Waals surface area contributed by atoms with E-state index in [9.17, 15) is 9.59 Å². The van der Waals surface area contributed by atoms with Crippen LogP contribution >= 0.6 is 0 Å². The molecule has 0 saturated carbocycles. The Balaban J connectivity index is 2.43. The molecule has 1 aliphatic rings. The molecule has 1 rings (SSSR count). The van der Waals surface area contributed by atoms with Crippen molar-refractivity contribution >= 4 is 12.0 Å². The Morgan fingerprint density at radius 3 is 2.38 bits per heavy atom. The number of nitrogens with one attached hydrogen (secondary N) is 1. The highest BCUT2D eigenvalue weighted by atomic mass is 16.4. The molecule has 0 aromatic rings. The molecule has 0 aromatic carbocycles. The average Bonchev–Trinajstić information content (AvgIpc) is 2.29. The molecule has 0 bridgehead atoms. The SMILES string of the molecule is O=C(O)[C@@H](CCO)NC(=O)N1CCCCC1. The monoisotopic (exact) mass is 230 g/mol. The molecule has 92 valence electrons. The minimum absolute atomic E-state index is 0.0366. The van der Waals surface area contributed by atoms with Gasteiger partial charge in [0.15, 0.2) is 0 Å². The van der Waals surface area contributed by atoms with Gasteiger partial charge < -0.3 is 20.4 Å². The van der Waals surface area contributed by atoms with E-state index in [0.717, 1.165) is 19.3 Å². The number of rotatable bonds is 4. The Bertz CT molecular complexity index is 251. The molecule has 0 aliphatic carbocycles. The Labute approximate surface area is 94.2 Å². The van der Waals surface area contributed by atoms with Crippen LogP contribution in [0.25, 0.3) is 0 Å². The van der Waals surface area contributed by atoms with Gasteiger partial charge in [-0.2, -0.15) is 0 Å². The number of carbonyl (C=O) groups is 2. The van der Waals surface area contributed by atoms with Gasteiger partial charge in [-0.25, -0.2) is 9.59 Å². The van der Waals surface area contributed by atoms with Crippen molar-refractivity contribution in [1.82, 2.24) is 10.2 Å². The largest absolute Gasteiger partial charge is 0.480 e. The lowest BCUT2D eigenvalue weighted by atomic mass is 10.1. The van der Waals surface area contributed by atoms with E-state index < -0.39 is 12.0 Å². The van der Waals surface area contributed by atoms with E-state index in [-0.39, 0.29) is 19.1 Å². The molecule has 1 heterocycles. The number of aliphatic carboxylic acids is 1. The van der Waals surface area contributed by atoms with Gasteiger partial charge in [-0.05, 0) is 19.3 Å². The number of aliphatic hydroxyl groups excluding tert-OH is 1. The van der Waals surface area contributed by atoms with Crippen LogP contribution in [-0.2, 0) is 4.79 Å². The first-order valence-corrected chi connectivity index (χ1v) is 5.54. The van der Waals surface area contributed by atoms with Crippen molar-refractivity contribution in [3.8, 4) is 0 Å². The van der Waals surface area contributed by atoms with Crippen LogP contribution in [0.4, 0.5) is 4.79 Å². The zero-order valence-electron chi connectivity index (χ0n) is 9.19. The predicted molar refractivity (Wildman–Crippen MR) is 57.1 cm³/mol. The van der Waals surface area contributed by atoms with Crippen molar-refractivity contribution in [2.75, 3.05) is 19.7 Å². The van der Waals surface area contributed by atoms with Crippen molar-refractivity contribution in [1.29, 1.82) is 0 Å². The van der Waals surface area contributed by atoms with Crippen LogP contribution in [0, 0.1) is 0 Å². The van der Waals surface area contributed by atoms with Crippen molar-refractivity contribution in [3.05, 3.63) is 0 Å². The molecule has 16 heavy (non-hydrogen) atoms. The van der Waals surface area contributed by atoms with Crippen LogP contribution in [0.15, 0.2) is 0 Å². The number of piperidine rings is 1. The van der Waals surface area contributed by atoms with E-state index in [2.05, 4.69) is 5.32 Å². The zero-order chi connectivity index (χ0) is 12.0. The Morgan fingerprint density at radius 2 is 1.88 bits per heavy atom. The molecule has 0 unspecified atom stereocenters. The van der Waals surface area contributed by atoms with Gasteiger partial charge in [0, 0.05) is 26.1 Å². The van der Waals surface area contributed by atoms with E-state index in [0.29, 0.717) is 13.1 Å². The summed E-state index contributed by atoms with van der Waals surface area (Å²) in [5.41, 5.74) is 0.